The van der Waals surface area contributed by atoms with Crippen molar-refractivity contribution in [1.29, 1.82) is 0 Å². The zero-order valence-corrected chi connectivity index (χ0v) is 27.5. The van der Waals surface area contributed by atoms with Gasteiger partial charge in [0.05, 0.1) is 28.2 Å². The van der Waals surface area contributed by atoms with E-state index in [0.29, 0.717) is 16.0 Å². The number of hydrogen-bond acceptors (Lipinski definition) is 7. The first-order valence-corrected chi connectivity index (χ1v) is 17.7. The molecule has 1 saturated carbocycles. The van der Waals surface area contributed by atoms with Gasteiger partial charge in [-0.2, -0.15) is 5.10 Å². The molecule has 1 aliphatic heterocycles. The molecule has 7 rings (SSSR count). The molecule has 1 aliphatic carbocycles. The number of halogens is 1. The summed E-state index contributed by atoms with van der Waals surface area (Å²) in [6.07, 6.45) is 5.34. The molecule has 6 nitrogen and oxygen atoms in total. The van der Waals surface area contributed by atoms with Gasteiger partial charge in [0.15, 0.2) is 11.0 Å². The Balaban J connectivity index is 1.23. The van der Waals surface area contributed by atoms with Gasteiger partial charge in [-0.25, -0.2) is 5.01 Å². The molecule has 0 saturated heterocycles. The molecule has 2 aliphatic rings. The van der Waals surface area contributed by atoms with Crippen LogP contribution in [0.25, 0.3) is 23.2 Å². The molecule has 0 radical (unpaired) electrons. The topological polar surface area (TPSA) is 63.4 Å². The number of fused-ring (bicyclic) bond motifs is 1. The second-order valence-electron chi connectivity index (χ2n) is 11.1. The predicted octanol–water partition coefficient (Wildman–Crippen LogP) is 9.24. The first-order chi connectivity index (χ1) is 21.5. The van der Waals surface area contributed by atoms with Gasteiger partial charge in [0, 0.05) is 21.2 Å². The van der Waals surface area contributed by atoms with Crippen molar-refractivity contribution in [3.05, 3.63) is 109 Å². The number of aromatic nitrogens is 3. The van der Waals surface area contributed by atoms with Crippen molar-refractivity contribution >= 4 is 63.7 Å². The first kappa shape index (κ1) is 29.2. The third-order valence-corrected chi connectivity index (χ3v) is 11.1. The van der Waals surface area contributed by atoms with E-state index in [1.54, 1.807) is 27.7 Å². The van der Waals surface area contributed by atoms with Crippen LogP contribution in [0.5, 0.6) is 0 Å². The minimum Gasteiger partial charge on any atom is -0.272 e. The second-order valence-corrected chi connectivity index (χ2v) is 14.4. The zero-order chi connectivity index (χ0) is 30.2. The highest BCUT2D eigenvalue weighted by molar-refractivity contribution is 7.99. The number of hydrazone groups is 1. The van der Waals surface area contributed by atoms with E-state index in [1.165, 1.54) is 27.1 Å². The molecule has 44 heavy (non-hydrogen) atoms. The van der Waals surface area contributed by atoms with Gasteiger partial charge in [-0.3, -0.25) is 9.36 Å². The number of benzene rings is 2. The molecule has 5 aromatic rings. The van der Waals surface area contributed by atoms with E-state index in [4.69, 9.17) is 16.7 Å². The summed E-state index contributed by atoms with van der Waals surface area (Å²) in [7, 11) is 0. The zero-order valence-electron chi connectivity index (χ0n) is 24.3. The molecule has 0 spiro atoms. The molecule has 3 aromatic heterocycles. The summed E-state index contributed by atoms with van der Waals surface area (Å²) in [6.45, 7) is 4.14. The Morgan fingerprint density at radius 3 is 2.68 bits per heavy atom. The van der Waals surface area contributed by atoms with Gasteiger partial charge in [0.25, 0.3) is 5.91 Å². The maximum atomic E-state index is 14.1. The van der Waals surface area contributed by atoms with E-state index in [-0.39, 0.29) is 23.6 Å². The van der Waals surface area contributed by atoms with Gasteiger partial charge < -0.3 is 0 Å². The van der Waals surface area contributed by atoms with Gasteiger partial charge >= 0.3 is 0 Å². The van der Waals surface area contributed by atoms with E-state index in [9.17, 15) is 4.79 Å². The van der Waals surface area contributed by atoms with Crippen molar-refractivity contribution in [3.63, 3.8) is 0 Å². The average molecular weight is 656 g/mol. The molecule has 1 amide bonds. The Labute approximate surface area is 274 Å². The van der Waals surface area contributed by atoms with Crippen LogP contribution in [-0.2, 0) is 4.79 Å². The van der Waals surface area contributed by atoms with Crippen LogP contribution in [0.2, 0.25) is 5.02 Å². The van der Waals surface area contributed by atoms with Crippen LogP contribution >= 0.6 is 46.0 Å². The Morgan fingerprint density at radius 2 is 1.89 bits per heavy atom. The molecule has 0 N–H and O–H groups in total. The van der Waals surface area contributed by atoms with Crippen molar-refractivity contribution in [2.45, 2.75) is 44.3 Å². The highest BCUT2D eigenvalue weighted by Gasteiger charge is 2.44. The van der Waals surface area contributed by atoms with Crippen LogP contribution in [0.4, 0.5) is 0 Å². The molecule has 1 fully saturated rings. The molecule has 222 valence electrons. The number of allylic oxidation sites excluding steroid dienone is 1. The van der Waals surface area contributed by atoms with Gasteiger partial charge in [-0.05, 0) is 97.0 Å². The number of thiophene rings is 2. The van der Waals surface area contributed by atoms with Crippen LogP contribution < -0.4 is 0 Å². The standard InChI is InChI=1S/C34H30ClN5OS3/c1-21-14-15-22(2)28(18-21)39-33(25-10-3-4-12-27(25)35)36-37-34(39)44-20-30(41)40-32(29-13-7-17-43-29)26-11-5-8-23(31(26)38-40)19-24-9-6-16-42-24/h3-4,6-7,9-10,12-19,26,32H,5,8,11,20H2,1-2H3/b23-19+/t26-,32-/m0/s1. The van der Waals surface area contributed by atoms with Crippen LogP contribution in [0.1, 0.15) is 46.2 Å². The fourth-order valence-electron chi connectivity index (χ4n) is 6.04. The maximum Gasteiger partial charge on any atom is 0.253 e. The van der Waals surface area contributed by atoms with Gasteiger partial charge in [0.2, 0.25) is 0 Å². The second kappa shape index (κ2) is 12.5. The summed E-state index contributed by atoms with van der Waals surface area (Å²) >= 11 is 11.4. The minimum absolute atomic E-state index is 0.0411. The molecule has 4 heterocycles. The summed E-state index contributed by atoms with van der Waals surface area (Å²) in [5, 5.41) is 21.4. The molecular weight excluding hydrogens is 626 g/mol. The number of aryl methyl sites for hydroxylation is 2. The summed E-state index contributed by atoms with van der Waals surface area (Å²) in [6, 6.07) is 22.3. The third kappa shape index (κ3) is 5.58. The normalized spacial score (nSPS) is 18.9. The monoisotopic (exact) mass is 655 g/mol. The fourth-order valence-corrected chi connectivity index (χ4v) is 8.61. The Hall–Kier alpha value is -3.50. The summed E-state index contributed by atoms with van der Waals surface area (Å²) in [5.41, 5.74) is 6.26. The Bertz CT molecular complexity index is 1880. The highest BCUT2D eigenvalue weighted by Crippen LogP contribution is 2.46. The lowest BCUT2D eigenvalue weighted by atomic mass is 9.79. The van der Waals surface area contributed by atoms with E-state index in [1.807, 2.05) is 28.8 Å². The largest absolute Gasteiger partial charge is 0.272 e. The van der Waals surface area contributed by atoms with E-state index < -0.39 is 0 Å². The number of thioether (sulfide) groups is 1. The van der Waals surface area contributed by atoms with Crippen molar-refractivity contribution in [2.75, 3.05) is 5.75 Å². The van der Waals surface area contributed by atoms with Crippen molar-refractivity contribution in [1.82, 2.24) is 19.8 Å². The first-order valence-electron chi connectivity index (χ1n) is 14.6. The van der Waals surface area contributed by atoms with Crippen molar-refractivity contribution < 1.29 is 4.79 Å². The lowest BCUT2D eigenvalue weighted by Crippen LogP contribution is -2.32. The van der Waals surface area contributed by atoms with Crippen LogP contribution in [-0.4, -0.2) is 37.1 Å². The number of rotatable bonds is 7. The quantitative estimate of drug-likeness (QED) is 0.164. The lowest BCUT2D eigenvalue weighted by molar-refractivity contribution is -0.130. The van der Waals surface area contributed by atoms with Gasteiger partial charge in [-0.1, -0.05) is 59.8 Å². The van der Waals surface area contributed by atoms with E-state index >= 15 is 0 Å². The summed E-state index contributed by atoms with van der Waals surface area (Å²) < 4.78 is 2.02. The third-order valence-electron chi connectivity index (χ3n) is 8.13. The predicted molar refractivity (Wildman–Crippen MR) is 183 cm³/mol. The molecule has 2 atom stereocenters. The van der Waals surface area contributed by atoms with E-state index in [0.717, 1.165) is 47.4 Å². The number of hydrogen-bond donors (Lipinski definition) is 0. The smallest absolute Gasteiger partial charge is 0.253 e. The molecule has 2 aromatic carbocycles. The average Bonchev–Trinajstić information content (AvgIpc) is 3.84. The van der Waals surface area contributed by atoms with Gasteiger partial charge in [0.1, 0.15) is 0 Å². The number of carbonyl (C=O) groups is 1. The highest BCUT2D eigenvalue weighted by atomic mass is 35.5. The Kier molecular flexibility index (Phi) is 8.29. The molecule has 0 unspecified atom stereocenters. The van der Waals surface area contributed by atoms with Crippen LogP contribution in [0, 0.1) is 19.8 Å². The molecule has 0 bridgehead atoms. The number of nitrogens with zero attached hydrogens (tertiary/aromatic N) is 5. The SMILES string of the molecule is Cc1ccc(C)c(-n2c(SCC(=O)N3N=C4/C(=C/c5cccs5)CCC[C@@H]4[C@H]3c3cccs3)nnc2-c2ccccc2Cl)c1. The summed E-state index contributed by atoms with van der Waals surface area (Å²) in [5.74, 6) is 0.973. The van der Waals surface area contributed by atoms with Crippen molar-refractivity contribution in [2.24, 2.45) is 11.0 Å². The number of carbonyl (C=O) groups excluding carboxylic acids is 1. The maximum absolute atomic E-state index is 14.1. The molecule has 10 heteroatoms. The lowest BCUT2D eigenvalue weighted by Gasteiger charge is -2.28. The van der Waals surface area contributed by atoms with Gasteiger partial charge in [-0.15, -0.1) is 32.9 Å². The summed E-state index contributed by atoms with van der Waals surface area (Å²) in [4.78, 5) is 16.5. The molecular formula is C34H30ClN5OS3. The minimum atomic E-state index is -0.0966. The van der Waals surface area contributed by atoms with Crippen molar-refractivity contribution in [3.8, 4) is 17.1 Å². The van der Waals surface area contributed by atoms with Crippen LogP contribution in [0.3, 0.4) is 0 Å². The number of amides is 1. The fraction of sp³-hybridized carbons (Fsp3) is 0.235. The van der Waals surface area contributed by atoms with E-state index in [2.05, 4.69) is 83.3 Å². The van der Waals surface area contributed by atoms with Crippen LogP contribution in [0.15, 0.2) is 93.3 Å². The Morgan fingerprint density at radius 1 is 1.05 bits per heavy atom.